The molecule has 1 amide bonds. The number of hydrogen-bond donors (Lipinski definition) is 0. The first-order valence-electron chi connectivity index (χ1n) is 8.77. The molecule has 6 heteroatoms. The molecule has 6 nitrogen and oxygen atoms in total. The fourth-order valence-corrected chi connectivity index (χ4v) is 4.03. The Balaban J connectivity index is 1.49. The van der Waals surface area contributed by atoms with Crippen molar-refractivity contribution >= 4 is 11.7 Å². The lowest BCUT2D eigenvalue weighted by molar-refractivity contribution is -0.139. The number of carbonyl (C=O) groups excluding carboxylic acids is 1. The number of hydrogen-bond acceptors (Lipinski definition) is 5. The number of anilines is 1. The predicted octanol–water partition coefficient (Wildman–Crippen LogP) is 1.04. The highest BCUT2D eigenvalue weighted by molar-refractivity contribution is 5.80. The van der Waals surface area contributed by atoms with Gasteiger partial charge in [-0.05, 0) is 32.1 Å². The molecule has 0 aromatic carbocycles. The van der Waals surface area contributed by atoms with E-state index in [1.807, 2.05) is 4.90 Å². The number of piperidine rings is 1. The van der Waals surface area contributed by atoms with Gasteiger partial charge in [0.25, 0.3) is 0 Å². The van der Waals surface area contributed by atoms with Crippen LogP contribution in [0, 0.1) is 5.92 Å². The van der Waals surface area contributed by atoms with Gasteiger partial charge in [0.1, 0.15) is 12.1 Å². The smallest absolute Gasteiger partial charge is 0.227 e. The first-order valence-corrected chi connectivity index (χ1v) is 8.77. The molecular formula is C17H24N4O2. The maximum atomic E-state index is 12.8. The number of aromatic nitrogens is 2. The fourth-order valence-electron chi connectivity index (χ4n) is 4.03. The third-order valence-electron chi connectivity index (χ3n) is 5.25. The van der Waals surface area contributed by atoms with E-state index in [1.165, 1.54) is 17.7 Å². The number of morpholine rings is 1. The Morgan fingerprint density at radius 2 is 2.00 bits per heavy atom. The summed E-state index contributed by atoms with van der Waals surface area (Å²) < 4.78 is 5.36. The average Bonchev–Trinajstić information content (AvgIpc) is 3.10. The Labute approximate surface area is 136 Å². The standard InChI is InChI=1S/C17H24N4O2/c22-17(20-7-9-23-10-8-20)13-3-2-6-21(11-13)16-14-4-1-5-15(14)18-12-19-16/h12-13H,1-11H2/t13-/m0/s1. The minimum Gasteiger partial charge on any atom is -0.378 e. The largest absolute Gasteiger partial charge is 0.378 e. The van der Waals surface area contributed by atoms with E-state index < -0.39 is 0 Å². The Kier molecular flexibility index (Phi) is 4.16. The summed E-state index contributed by atoms with van der Waals surface area (Å²) in [4.78, 5) is 26.0. The van der Waals surface area contributed by atoms with Gasteiger partial charge in [0.2, 0.25) is 5.91 Å². The molecule has 0 unspecified atom stereocenters. The molecule has 2 aliphatic heterocycles. The topological polar surface area (TPSA) is 58.6 Å². The van der Waals surface area contributed by atoms with E-state index in [9.17, 15) is 4.79 Å². The predicted molar refractivity (Wildman–Crippen MR) is 86.4 cm³/mol. The number of ether oxygens (including phenoxy) is 1. The molecule has 23 heavy (non-hydrogen) atoms. The van der Waals surface area contributed by atoms with E-state index in [4.69, 9.17) is 4.74 Å². The molecule has 2 saturated heterocycles. The molecule has 3 heterocycles. The van der Waals surface area contributed by atoms with Crippen molar-refractivity contribution in [3.63, 3.8) is 0 Å². The quantitative estimate of drug-likeness (QED) is 0.816. The molecule has 1 aromatic rings. The number of amides is 1. The van der Waals surface area contributed by atoms with Gasteiger partial charge in [-0.1, -0.05) is 0 Å². The fraction of sp³-hybridized carbons (Fsp3) is 0.706. The molecule has 0 bridgehead atoms. The van der Waals surface area contributed by atoms with E-state index in [0.29, 0.717) is 19.1 Å². The van der Waals surface area contributed by atoms with Crippen molar-refractivity contribution in [2.45, 2.75) is 32.1 Å². The Morgan fingerprint density at radius 1 is 1.13 bits per heavy atom. The van der Waals surface area contributed by atoms with Gasteiger partial charge in [0.05, 0.1) is 19.1 Å². The van der Waals surface area contributed by atoms with Crippen LogP contribution in [0.5, 0.6) is 0 Å². The maximum Gasteiger partial charge on any atom is 0.227 e. The van der Waals surface area contributed by atoms with Crippen LogP contribution in [0.4, 0.5) is 5.82 Å². The SMILES string of the molecule is O=C([C@H]1CCCN(c2ncnc3c2CCC3)C1)N1CCOCC1. The van der Waals surface area contributed by atoms with Gasteiger partial charge in [-0.2, -0.15) is 0 Å². The zero-order valence-corrected chi connectivity index (χ0v) is 13.5. The normalized spacial score (nSPS) is 24.6. The zero-order valence-electron chi connectivity index (χ0n) is 13.5. The van der Waals surface area contributed by atoms with Crippen LogP contribution >= 0.6 is 0 Å². The van der Waals surface area contributed by atoms with Crippen molar-refractivity contribution in [1.29, 1.82) is 0 Å². The molecule has 124 valence electrons. The van der Waals surface area contributed by atoms with Gasteiger partial charge in [-0.15, -0.1) is 0 Å². The highest BCUT2D eigenvalue weighted by Crippen LogP contribution is 2.31. The Bertz CT molecular complexity index is 586. The van der Waals surface area contributed by atoms with Gasteiger partial charge in [0.15, 0.2) is 0 Å². The van der Waals surface area contributed by atoms with Crippen molar-refractivity contribution in [3.05, 3.63) is 17.6 Å². The minimum absolute atomic E-state index is 0.0915. The lowest BCUT2D eigenvalue weighted by atomic mass is 9.96. The molecule has 1 atom stereocenters. The van der Waals surface area contributed by atoms with Gasteiger partial charge in [0, 0.05) is 37.4 Å². The molecular weight excluding hydrogens is 292 g/mol. The Morgan fingerprint density at radius 3 is 2.87 bits per heavy atom. The van der Waals surface area contributed by atoms with Gasteiger partial charge < -0.3 is 14.5 Å². The first-order chi connectivity index (χ1) is 11.3. The lowest BCUT2D eigenvalue weighted by Gasteiger charge is -2.37. The number of rotatable bonds is 2. The second-order valence-corrected chi connectivity index (χ2v) is 6.70. The summed E-state index contributed by atoms with van der Waals surface area (Å²) in [5, 5.41) is 0. The molecule has 0 saturated carbocycles. The summed E-state index contributed by atoms with van der Waals surface area (Å²) in [6.07, 6.45) is 7.04. The third kappa shape index (κ3) is 2.92. The second-order valence-electron chi connectivity index (χ2n) is 6.70. The summed E-state index contributed by atoms with van der Waals surface area (Å²) in [7, 11) is 0. The molecule has 1 aliphatic carbocycles. The lowest BCUT2D eigenvalue weighted by Crippen LogP contribution is -2.48. The molecule has 0 spiro atoms. The Hall–Kier alpha value is -1.69. The van der Waals surface area contributed by atoms with Crippen LogP contribution in [0.1, 0.15) is 30.5 Å². The summed E-state index contributed by atoms with van der Waals surface area (Å²) >= 11 is 0. The maximum absolute atomic E-state index is 12.8. The van der Waals surface area contributed by atoms with Gasteiger partial charge >= 0.3 is 0 Å². The highest BCUT2D eigenvalue weighted by Gasteiger charge is 2.32. The van der Waals surface area contributed by atoms with Crippen molar-refractivity contribution in [3.8, 4) is 0 Å². The summed E-state index contributed by atoms with van der Waals surface area (Å²) in [5.74, 6) is 1.46. The van der Waals surface area contributed by atoms with Crippen LogP contribution in [-0.2, 0) is 22.4 Å². The van der Waals surface area contributed by atoms with E-state index in [1.54, 1.807) is 6.33 Å². The number of aryl methyl sites for hydroxylation is 1. The van der Waals surface area contributed by atoms with E-state index in [0.717, 1.165) is 57.7 Å². The monoisotopic (exact) mass is 316 g/mol. The van der Waals surface area contributed by atoms with E-state index in [2.05, 4.69) is 14.9 Å². The zero-order chi connectivity index (χ0) is 15.6. The van der Waals surface area contributed by atoms with Crippen molar-refractivity contribution in [1.82, 2.24) is 14.9 Å². The summed E-state index contributed by atoms with van der Waals surface area (Å²) in [5.41, 5.74) is 2.52. The summed E-state index contributed by atoms with van der Waals surface area (Å²) in [6, 6.07) is 0. The van der Waals surface area contributed by atoms with Crippen molar-refractivity contribution in [2.75, 3.05) is 44.3 Å². The molecule has 2 fully saturated rings. The van der Waals surface area contributed by atoms with Crippen LogP contribution in [-0.4, -0.2) is 60.2 Å². The average molecular weight is 316 g/mol. The van der Waals surface area contributed by atoms with E-state index in [-0.39, 0.29) is 5.92 Å². The second kappa shape index (κ2) is 6.43. The molecule has 1 aromatic heterocycles. The van der Waals surface area contributed by atoms with Crippen LogP contribution in [0.3, 0.4) is 0 Å². The number of carbonyl (C=O) groups is 1. The minimum atomic E-state index is 0.0915. The van der Waals surface area contributed by atoms with E-state index >= 15 is 0 Å². The van der Waals surface area contributed by atoms with Gasteiger partial charge in [-0.25, -0.2) is 9.97 Å². The summed E-state index contributed by atoms with van der Waals surface area (Å²) in [6.45, 7) is 4.59. The third-order valence-corrected chi connectivity index (χ3v) is 5.25. The first kappa shape index (κ1) is 14.9. The van der Waals surface area contributed by atoms with Crippen molar-refractivity contribution in [2.24, 2.45) is 5.92 Å². The molecule has 0 radical (unpaired) electrons. The van der Waals surface area contributed by atoms with Gasteiger partial charge in [-0.3, -0.25) is 4.79 Å². The van der Waals surface area contributed by atoms with Crippen LogP contribution in [0.15, 0.2) is 6.33 Å². The number of fused-ring (bicyclic) bond motifs is 1. The molecule has 4 rings (SSSR count). The molecule has 0 N–H and O–H groups in total. The van der Waals surface area contributed by atoms with Crippen molar-refractivity contribution < 1.29 is 9.53 Å². The highest BCUT2D eigenvalue weighted by atomic mass is 16.5. The number of nitrogens with zero attached hydrogens (tertiary/aromatic N) is 4. The van der Waals surface area contributed by atoms with Crippen LogP contribution < -0.4 is 4.90 Å². The van der Waals surface area contributed by atoms with Crippen LogP contribution in [0.2, 0.25) is 0 Å². The molecule has 3 aliphatic rings. The van der Waals surface area contributed by atoms with Crippen LogP contribution in [0.25, 0.3) is 0 Å².